The Morgan fingerprint density at radius 3 is 2.44 bits per heavy atom. The van der Waals surface area contributed by atoms with Gasteiger partial charge in [-0.05, 0) is 29.8 Å². The minimum absolute atomic E-state index is 0.171. The zero-order valence-corrected chi connectivity index (χ0v) is 14.7. The molecule has 4 rings (SSSR count). The molecule has 0 aliphatic heterocycles. The SMILES string of the molecule is NC(=O)COc1ccccc1-c1nc2ccccc2n1Cc1ccccc1. The van der Waals surface area contributed by atoms with Gasteiger partial charge in [-0.15, -0.1) is 0 Å². The topological polar surface area (TPSA) is 70.1 Å². The Hall–Kier alpha value is -3.60. The highest BCUT2D eigenvalue weighted by atomic mass is 16.5. The summed E-state index contributed by atoms with van der Waals surface area (Å²) >= 11 is 0. The van der Waals surface area contributed by atoms with E-state index in [1.807, 2.05) is 60.7 Å². The number of carbonyl (C=O) groups is 1. The minimum Gasteiger partial charge on any atom is -0.483 e. The fourth-order valence-corrected chi connectivity index (χ4v) is 3.13. The Bertz CT molecular complexity index is 1090. The minimum atomic E-state index is -0.511. The number of rotatable bonds is 6. The first kappa shape index (κ1) is 16.8. The number of hydrogen-bond donors (Lipinski definition) is 1. The monoisotopic (exact) mass is 357 g/mol. The number of nitrogens with zero attached hydrogens (tertiary/aromatic N) is 2. The molecule has 0 aliphatic rings. The average Bonchev–Trinajstić information content (AvgIpc) is 3.06. The number of nitrogens with two attached hydrogens (primary N) is 1. The van der Waals surface area contributed by atoms with E-state index in [9.17, 15) is 4.79 Å². The van der Waals surface area contributed by atoms with E-state index in [1.165, 1.54) is 5.56 Å². The van der Waals surface area contributed by atoms with Crippen LogP contribution in [0.5, 0.6) is 5.75 Å². The molecule has 0 radical (unpaired) electrons. The van der Waals surface area contributed by atoms with Gasteiger partial charge in [-0.1, -0.05) is 54.6 Å². The molecule has 0 saturated heterocycles. The molecule has 1 aromatic heterocycles. The Morgan fingerprint density at radius 1 is 0.926 bits per heavy atom. The molecule has 2 N–H and O–H groups in total. The highest BCUT2D eigenvalue weighted by Gasteiger charge is 2.16. The van der Waals surface area contributed by atoms with Gasteiger partial charge in [0.15, 0.2) is 6.61 Å². The number of imidazole rings is 1. The van der Waals surface area contributed by atoms with Gasteiger partial charge in [-0.3, -0.25) is 4.79 Å². The largest absolute Gasteiger partial charge is 0.483 e. The molecule has 4 aromatic rings. The second-order valence-corrected chi connectivity index (χ2v) is 6.25. The number of fused-ring (bicyclic) bond motifs is 1. The van der Waals surface area contributed by atoms with Crippen molar-refractivity contribution in [1.29, 1.82) is 0 Å². The number of primary amides is 1. The van der Waals surface area contributed by atoms with Gasteiger partial charge >= 0.3 is 0 Å². The van der Waals surface area contributed by atoms with Gasteiger partial charge in [-0.2, -0.15) is 0 Å². The maximum atomic E-state index is 11.1. The molecule has 1 amide bonds. The van der Waals surface area contributed by atoms with Crippen LogP contribution in [0.25, 0.3) is 22.4 Å². The Labute approximate surface area is 157 Å². The third-order valence-electron chi connectivity index (χ3n) is 4.34. The first-order chi connectivity index (χ1) is 13.2. The number of para-hydroxylation sites is 3. The first-order valence-corrected chi connectivity index (χ1v) is 8.72. The predicted molar refractivity (Wildman–Crippen MR) is 105 cm³/mol. The lowest BCUT2D eigenvalue weighted by molar-refractivity contribution is -0.119. The molecule has 1 heterocycles. The fourth-order valence-electron chi connectivity index (χ4n) is 3.13. The number of hydrogen-bond acceptors (Lipinski definition) is 3. The van der Waals surface area contributed by atoms with Crippen molar-refractivity contribution in [3.05, 3.63) is 84.4 Å². The Morgan fingerprint density at radius 2 is 1.63 bits per heavy atom. The molecule has 0 atom stereocenters. The summed E-state index contributed by atoms with van der Waals surface area (Å²) in [5.74, 6) is 0.864. The van der Waals surface area contributed by atoms with E-state index in [-0.39, 0.29) is 6.61 Å². The Balaban J connectivity index is 1.85. The third kappa shape index (κ3) is 3.53. The number of amides is 1. The van der Waals surface area contributed by atoms with E-state index in [0.717, 1.165) is 22.4 Å². The van der Waals surface area contributed by atoms with Crippen LogP contribution in [0.2, 0.25) is 0 Å². The second kappa shape index (κ2) is 7.33. The number of benzene rings is 3. The summed E-state index contributed by atoms with van der Waals surface area (Å²) in [6, 6.07) is 25.8. The lowest BCUT2D eigenvalue weighted by Crippen LogP contribution is -2.20. The van der Waals surface area contributed by atoms with Gasteiger partial charge in [0.1, 0.15) is 11.6 Å². The molecule has 0 fully saturated rings. The van der Waals surface area contributed by atoms with E-state index >= 15 is 0 Å². The molecule has 3 aromatic carbocycles. The first-order valence-electron chi connectivity index (χ1n) is 8.72. The molecule has 0 spiro atoms. The van der Waals surface area contributed by atoms with E-state index in [4.69, 9.17) is 15.5 Å². The second-order valence-electron chi connectivity index (χ2n) is 6.25. The number of ether oxygens (including phenoxy) is 1. The van der Waals surface area contributed by atoms with Gasteiger partial charge in [0.05, 0.1) is 16.6 Å². The lowest BCUT2D eigenvalue weighted by Gasteiger charge is -2.13. The van der Waals surface area contributed by atoms with Crippen LogP contribution in [0.15, 0.2) is 78.9 Å². The lowest BCUT2D eigenvalue weighted by atomic mass is 10.1. The summed E-state index contributed by atoms with van der Waals surface area (Å²) in [6.07, 6.45) is 0. The zero-order valence-electron chi connectivity index (χ0n) is 14.7. The molecular formula is C22H19N3O2. The van der Waals surface area contributed by atoms with E-state index < -0.39 is 5.91 Å². The standard InChI is InChI=1S/C22H19N3O2/c23-21(26)15-27-20-13-7-4-10-17(20)22-24-18-11-5-6-12-19(18)25(22)14-16-8-2-1-3-9-16/h1-13H,14-15H2,(H2,23,26). The molecule has 5 heteroatoms. The molecule has 0 bridgehead atoms. The summed E-state index contributed by atoms with van der Waals surface area (Å²) in [5, 5.41) is 0. The molecule has 5 nitrogen and oxygen atoms in total. The van der Waals surface area contributed by atoms with Crippen molar-refractivity contribution in [3.8, 4) is 17.1 Å². The van der Waals surface area contributed by atoms with Crippen molar-refractivity contribution in [2.75, 3.05) is 6.61 Å². The summed E-state index contributed by atoms with van der Waals surface area (Å²) in [4.78, 5) is 16.0. The number of aromatic nitrogens is 2. The van der Waals surface area contributed by atoms with Crippen molar-refractivity contribution in [2.45, 2.75) is 6.54 Å². The van der Waals surface area contributed by atoms with Gasteiger partial charge in [-0.25, -0.2) is 4.98 Å². The van der Waals surface area contributed by atoms with Gasteiger partial charge in [0, 0.05) is 6.54 Å². The van der Waals surface area contributed by atoms with Crippen LogP contribution in [0.3, 0.4) is 0 Å². The average molecular weight is 357 g/mol. The van der Waals surface area contributed by atoms with Gasteiger partial charge in [0.25, 0.3) is 5.91 Å². The van der Waals surface area contributed by atoms with Gasteiger partial charge in [0.2, 0.25) is 0 Å². The van der Waals surface area contributed by atoms with Crippen LogP contribution < -0.4 is 10.5 Å². The molecule has 0 saturated carbocycles. The highest BCUT2D eigenvalue weighted by Crippen LogP contribution is 2.32. The van der Waals surface area contributed by atoms with Crippen LogP contribution in [0.1, 0.15) is 5.56 Å². The van der Waals surface area contributed by atoms with Crippen LogP contribution in [-0.4, -0.2) is 22.1 Å². The van der Waals surface area contributed by atoms with E-state index in [2.05, 4.69) is 22.8 Å². The molecule has 27 heavy (non-hydrogen) atoms. The van der Waals surface area contributed by atoms with Crippen LogP contribution in [0.4, 0.5) is 0 Å². The maximum Gasteiger partial charge on any atom is 0.255 e. The normalized spacial score (nSPS) is 10.8. The molecule has 134 valence electrons. The van der Waals surface area contributed by atoms with Crippen molar-refractivity contribution in [2.24, 2.45) is 5.73 Å². The van der Waals surface area contributed by atoms with E-state index in [1.54, 1.807) is 0 Å². The van der Waals surface area contributed by atoms with Crippen molar-refractivity contribution < 1.29 is 9.53 Å². The summed E-state index contributed by atoms with van der Waals surface area (Å²) in [6.45, 7) is 0.511. The van der Waals surface area contributed by atoms with Crippen molar-refractivity contribution >= 4 is 16.9 Å². The summed E-state index contributed by atoms with van der Waals surface area (Å²) < 4.78 is 7.79. The zero-order chi connectivity index (χ0) is 18.6. The number of carbonyl (C=O) groups excluding carboxylic acids is 1. The maximum absolute atomic E-state index is 11.1. The van der Waals surface area contributed by atoms with Gasteiger partial charge < -0.3 is 15.0 Å². The third-order valence-corrected chi connectivity index (χ3v) is 4.34. The summed E-state index contributed by atoms with van der Waals surface area (Å²) in [7, 11) is 0. The smallest absolute Gasteiger partial charge is 0.255 e. The summed E-state index contributed by atoms with van der Waals surface area (Å²) in [5.41, 5.74) is 9.19. The quantitative estimate of drug-likeness (QED) is 0.573. The van der Waals surface area contributed by atoms with Crippen LogP contribution >= 0.6 is 0 Å². The molecule has 0 aliphatic carbocycles. The highest BCUT2D eigenvalue weighted by molar-refractivity contribution is 5.82. The van der Waals surface area contributed by atoms with Crippen molar-refractivity contribution in [1.82, 2.24) is 9.55 Å². The van der Waals surface area contributed by atoms with E-state index in [0.29, 0.717) is 12.3 Å². The molecule has 0 unspecified atom stereocenters. The fraction of sp³-hybridized carbons (Fsp3) is 0.0909. The van der Waals surface area contributed by atoms with Crippen LogP contribution in [-0.2, 0) is 11.3 Å². The predicted octanol–water partition coefficient (Wildman–Crippen LogP) is 3.62. The van der Waals surface area contributed by atoms with Crippen LogP contribution in [0, 0.1) is 0 Å². The molecular weight excluding hydrogens is 338 g/mol. The van der Waals surface area contributed by atoms with Crippen molar-refractivity contribution in [3.63, 3.8) is 0 Å². The Kier molecular flexibility index (Phi) is 4.58.